The molecule has 0 saturated heterocycles. The van der Waals surface area contributed by atoms with Gasteiger partial charge in [-0.1, -0.05) is 5.16 Å². The van der Waals surface area contributed by atoms with Crippen LogP contribution in [0.15, 0.2) is 27.4 Å². The molecular formula is C15H16N4O2S. The Labute approximate surface area is 131 Å². The van der Waals surface area contributed by atoms with Gasteiger partial charge in [0.1, 0.15) is 11.5 Å². The summed E-state index contributed by atoms with van der Waals surface area (Å²) in [7, 11) is 1.75. The average molecular weight is 316 g/mol. The van der Waals surface area contributed by atoms with Gasteiger partial charge in [-0.2, -0.15) is 16.4 Å². The molecule has 0 radical (unpaired) electrons. The van der Waals surface area contributed by atoms with Crippen LogP contribution in [0.3, 0.4) is 0 Å². The maximum absolute atomic E-state index is 12.5. The van der Waals surface area contributed by atoms with E-state index in [-0.39, 0.29) is 5.91 Å². The van der Waals surface area contributed by atoms with E-state index in [1.165, 1.54) is 0 Å². The number of amides is 1. The number of nitrogens with one attached hydrogen (secondary N) is 1. The van der Waals surface area contributed by atoms with Gasteiger partial charge in [0.15, 0.2) is 0 Å². The second-order valence-electron chi connectivity index (χ2n) is 5.14. The molecule has 114 valence electrons. The summed E-state index contributed by atoms with van der Waals surface area (Å²) in [5, 5.41) is 14.9. The summed E-state index contributed by atoms with van der Waals surface area (Å²) in [6.45, 7) is 4.17. The van der Waals surface area contributed by atoms with Gasteiger partial charge in [-0.15, -0.1) is 0 Å². The molecule has 0 spiro atoms. The van der Waals surface area contributed by atoms with Crippen LogP contribution in [0, 0.1) is 13.8 Å². The molecule has 0 aliphatic rings. The summed E-state index contributed by atoms with van der Waals surface area (Å²) < 4.78 is 5.13. The Bertz CT molecular complexity index is 769. The van der Waals surface area contributed by atoms with Crippen LogP contribution < -0.4 is 0 Å². The van der Waals surface area contributed by atoms with Gasteiger partial charge in [0.2, 0.25) is 0 Å². The highest BCUT2D eigenvalue weighted by Gasteiger charge is 2.19. The van der Waals surface area contributed by atoms with E-state index >= 15 is 0 Å². The number of rotatable bonds is 4. The summed E-state index contributed by atoms with van der Waals surface area (Å²) in [6.07, 6.45) is 0. The fraction of sp³-hybridized carbons (Fsp3) is 0.267. The topological polar surface area (TPSA) is 75.0 Å². The van der Waals surface area contributed by atoms with Crippen LogP contribution in [0.25, 0.3) is 11.3 Å². The SMILES string of the molecule is Cc1noc(C)c1CN(C)C(=O)c1cc(-c2ccsc2)n[nH]1. The number of aromatic nitrogens is 3. The van der Waals surface area contributed by atoms with Crippen molar-refractivity contribution in [2.75, 3.05) is 7.05 Å². The largest absolute Gasteiger partial charge is 0.361 e. The van der Waals surface area contributed by atoms with Crippen LogP contribution in [0.1, 0.15) is 27.5 Å². The van der Waals surface area contributed by atoms with Gasteiger partial charge in [0, 0.05) is 23.6 Å². The third-order valence-electron chi connectivity index (χ3n) is 3.55. The minimum absolute atomic E-state index is 0.117. The molecule has 0 atom stereocenters. The number of hydrogen-bond acceptors (Lipinski definition) is 5. The normalized spacial score (nSPS) is 10.9. The minimum Gasteiger partial charge on any atom is -0.361 e. The summed E-state index contributed by atoms with van der Waals surface area (Å²) in [6, 6.07) is 3.75. The molecular weight excluding hydrogens is 300 g/mol. The lowest BCUT2D eigenvalue weighted by molar-refractivity contribution is 0.0778. The van der Waals surface area contributed by atoms with E-state index in [1.54, 1.807) is 29.4 Å². The molecule has 0 unspecified atom stereocenters. The predicted molar refractivity (Wildman–Crippen MR) is 83.7 cm³/mol. The van der Waals surface area contributed by atoms with Crippen molar-refractivity contribution in [1.29, 1.82) is 0 Å². The first-order chi connectivity index (χ1) is 10.6. The van der Waals surface area contributed by atoms with E-state index in [0.717, 1.165) is 28.3 Å². The quantitative estimate of drug-likeness (QED) is 0.803. The smallest absolute Gasteiger partial charge is 0.271 e. The van der Waals surface area contributed by atoms with Crippen LogP contribution in [0.4, 0.5) is 0 Å². The molecule has 1 amide bonds. The summed E-state index contributed by atoms with van der Waals surface area (Å²) in [5.74, 6) is 0.620. The van der Waals surface area contributed by atoms with Crippen molar-refractivity contribution in [3.8, 4) is 11.3 Å². The second-order valence-corrected chi connectivity index (χ2v) is 5.92. The third kappa shape index (κ3) is 2.67. The zero-order chi connectivity index (χ0) is 15.7. The molecule has 7 heteroatoms. The van der Waals surface area contributed by atoms with E-state index in [1.807, 2.05) is 30.7 Å². The highest BCUT2D eigenvalue weighted by Crippen LogP contribution is 2.21. The van der Waals surface area contributed by atoms with Crippen molar-refractivity contribution in [3.63, 3.8) is 0 Å². The van der Waals surface area contributed by atoms with Gasteiger partial charge in [-0.25, -0.2) is 0 Å². The van der Waals surface area contributed by atoms with Gasteiger partial charge in [0.25, 0.3) is 5.91 Å². The van der Waals surface area contributed by atoms with E-state index in [9.17, 15) is 4.79 Å². The zero-order valence-corrected chi connectivity index (χ0v) is 13.4. The lowest BCUT2D eigenvalue weighted by Crippen LogP contribution is -2.27. The average Bonchev–Trinajstić information content (AvgIpc) is 3.22. The first kappa shape index (κ1) is 14.5. The number of aryl methyl sites for hydroxylation is 2. The van der Waals surface area contributed by atoms with Crippen LogP contribution in [-0.4, -0.2) is 33.2 Å². The Morgan fingerprint density at radius 1 is 1.45 bits per heavy atom. The highest BCUT2D eigenvalue weighted by molar-refractivity contribution is 7.08. The van der Waals surface area contributed by atoms with Gasteiger partial charge in [-0.3, -0.25) is 9.89 Å². The van der Waals surface area contributed by atoms with Crippen molar-refractivity contribution in [2.45, 2.75) is 20.4 Å². The summed E-state index contributed by atoms with van der Waals surface area (Å²) in [5.41, 5.74) is 3.99. The number of carbonyl (C=O) groups is 1. The second kappa shape index (κ2) is 5.76. The minimum atomic E-state index is -0.117. The maximum Gasteiger partial charge on any atom is 0.271 e. The lowest BCUT2D eigenvalue weighted by Gasteiger charge is -2.15. The van der Waals surface area contributed by atoms with Crippen molar-refractivity contribution in [3.05, 3.63) is 45.6 Å². The zero-order valence-electron chi connectivity index (χ0n) is 12.6. The molecule has 1 N–H and O–H groups in total. The van der Waals surface area contributed by atoms with Crippen LogP contribution in [0.2, 0.25) is 0 Å². The van der Waals surface area contributed by atoms with Crippen LogP contribution >= 0.6 is 11.3 Å². The Morgan fingerprint density at radius 2 is 2.27 bits per heavy atom. The van der Waals surface area contributed by atoms with Gasteiger partial charge < -0.3 is 9.42 Å². The molecule has 22 heavy (non-hydrogen) atoms. The number of carbonyl (C=O) groups excluding carboxylic acids is 1. The third-order valence-corrected chi connectivity index (χ3v) is 4.23. The number of H-pyrrole nitrogens is 1. The molecule has 0 saturated carbocycles. The van der Waals surface area contributed by atoms with Gasteiger partial charge >= 0.3 is 0 Å². The van der Waals surface area contributed by atoms with E-state index in [0.29, 0.717) is 12.2 Å². The van der Waals surface area contributed by atoms with Gasteiger partial charge in [-0.05, 0) is 31.4 Å². The fourth-order valence-corrected chi connectivity index (χ4v) is 2.88. The number of nitrogens with zero attached hydrogens (tertiary/aromatic N) is 3. The van der Waals surface area contributed by atoms with Crippen molar-refractivity contribution in [1.82, 2.24) is 20.3 Å². The Balaban J connectivity index is 1.76. The fourth-order valence-electron chi connectivity index (χ4n) is 2.23. The number of hydrogen-bond donors (Lipinski definition) is 1. The monoisotopic (exact) mass is 316 g/mol. The lowest BCUT2D eigenvalue weighted by atomic mass is 10.2. The molecule has 0 aliphatic heterocycles. The molecule has 0 bridgehead atoms. The van der Waals surface area contributed by atoms with Crippen molar-refractivity contribution < 1.29 is 9.32 Å². The van der Waals surface area contributed by atoms with Crippen LogP contribution in [-0.2, 0) is 6.54 Å². The Morgan fingerprint density at radius 3 is 2.91 bits per heavy atom. The summed E-state index contributed by atoms with van der Waals surface area (Å²) >= 11 is 1.60. The Hall–Kier alpha value is -2.41. The van der Waals surface area contributed by atoms with Crippen molar-refractivity contribution >= 4 is 17.2 Å². The van der Waals surface area contributed by atoms with Crippen LogP contribution in [0.5, 0.6) is 0 Å². The van der Waals surface area contributed by atoms with Gasteiger partial charge in [0.05, 0.1) is 17.9 Å². The Kier molecular flexibility index (Phi) is 3.81. The molecule has 3 rings (SSSR count). The van der Waals surface area contributed by atoms with E-state index in [4.69, 9.17) is 4.52 Å². The molecule has 6 nitrogen and oxygen atoms in total. The number of thiophene rings is 1. The first-order valence-corrected chi connectivity index (χ1v) is 7.75. The molecule has 3 aromatic heterocycles. The standard InChI is InChI=1S/C15H16N4O2S/c1-9-12(10(2)21-18-9)7-19(3)15(20)14-6-13(16-17-14)11-4-5-22-8-11/h4-6,8H,7H2,1-3H3,(H,16,17). The molecule has 3 heterocycles. The van der Waals surface area contributed by atoms with E-state index < -0.39 is 0 Å². The molecule has 0 aliphatic carbocycles. The predicted octanol–water partition coefficient (Wildman–Crippen LogP) is 3.02. The van der Waals surface area contributed by atoms with Crippen molar-refractivity contribution in [2.24, 2.45) is 0 Å². The summed E-state index contributed by atoms with van der Waals surface area (Å²) in [4.78, 5) is 14.1. The molecule has 3 aromatic rings. The molecule has 0 fully saturated rings. The highest BCUT2D eigenvalue weighted by atomic mass is 32.1. The van der Waals surface area contributed by atoms with E-state index in [2.05, 4.69) is 15.4 Å². The molecule has 0 aromatic carbocycles. The first-order valence-electron chi connectivity index (χ1n) is 6.81. The number of aromatic amines is 1. The maximum atomic E-state index is 12.5.